The highest BCUT2D eigenvalue weighted by Gasteiger charge is 2.41. The maximum Gasteiger partial charge on any atom is 0.336 e. The van der Waals surface area contributed by atoms with E-state index < -0.39 is 11.9 Å². The molecule has 2 atom stereocenters. The van der Waals surface area contributed by atoms with Crippen LogP contribution in [0.2, 0.25) is 0 Å². The Kier molecular flexibility index (Phi) is 6.27. The normalized spacial score (nSPS) is 20.2. The molecule has 0 unspecified atom stereocenters. The highest BCUT2D eigenvalue weighted by molar-refractivity contribution is 6.04. The molecule has 0 fully saturated rings. The molecule has 1 N–H and O–H groups in total. The zero-order chi connectivity index (χ0) is 23.7. The molecular formula is C27H29NO5. The van der Waals surface area contributed by atoms with Gasteiger partial charge in [-0.2, -0.15) is 0 Å². The molecule has 0 bridgehead atoms. The van der Waals surface area contributed by atoms with E-state index in [0.717, 1.165) is 28.1 Å². The standard InChI is InChI=1S/C27H29NO5/c1-15-8-6-7-9-19(15)25-24(27(30)33-5)16(2)28-20-12-18(13-21(29)26(20)25)17-10-11-22(31-3)23(14-17)32-4/h6-11,14,18,25,28H,12-13H2,1-5H3/t18-,25+/m0/s1. The van der Waals surface area contributed by atoms with Gasteiger partial charge in [-0.3, -0.25) is 4.79 Å². The van der Waals surface area contributed by atoms with Gasteiger partial charge in [-0.15, -0.1) is 0 Å². The van der Waals surface area contributed by atoms with Gasteiger partial charge in [0.1, 0.15) is 0 Å². The highest BCUT2D eigenvalue weighted by atomic mass is 16.5. The van der Waals surface area contributed by atoms with Crippen molar-refractivity contribution in [1.29, 1.82) is 0 Å². The number of dihydropyridines is 1. The lowest BCUT2D eigenvalue weighted by atomic mass is 9.71. The van der Waals surface area contributed by atoms with Crippen molar-refractivity contribution in [2.24, 2.45) is 0 Å². The fraction of sp³-hybridized carbons (Fsp3) is 0.333. The van der Waals surface area contributed by atoms with E-state index >= 15 is 0 Å². The molecule has 0 aromatic heterocycles. The molecule has 6 heteroatoms. The van der Waals surface area contributed by atoms with Crippen molar-refractivity contribution in [1.82, 2.24) is 5.32 Å². The van der Waals surface area contributed by atoms with Gasteiger partial charge in [0.2, 0.25) is 0 Å². The summed E-state index contributed by atoms with van der Waals surface area (Å²) in [6, 6.07) is 13.7. The first-order valence-corrected chi connectivity index (χ1v) is 11.0. The molecule has 0 saturated heterocycles. The second-order valence-corrected chi connectivity index (χ2v) is 8.48. The molecule has 0 radical (unpaired) electrons. The summed E-state index contributed by atoms with van der Waals surface area (Å²) in [5.74, 6) is 0.448. The molecule has 2 aromatic carbocycles. The van der Waals surface area contributed by atoms with Gasteiger partial charge in [0.15, 0.2) is 17.3 Å². The SMILES string of the molecule is COC(=O)C1=C(C)NC2=C(C(=O)C[C@@H](c3ccc(OC)c(OC)c3)C2)[C@@H]1c1ccccc1C. The molecule has 0 saturated carbocycles. The number of carbonyl (C=O) groups is 2. The van der Waals surface area contributed by atoms with E-state index in [4.69, 9.17) is 14.2 Å². The molecule has 0 amide bonds. The smallest absolute Gasteiger partial charge is 0.336 e. The number of rotatable bonds is 5. The second kappa shape index (κ2) is 9.14. The third-order valence-corrected chi connectivity index (χ3v) is 6.61. The lowest BCUT2D eigenvalue weighted by Crippen LogP contribution is -2.36. The lowest BCUT2D eigenvalue weighted by molar-refractivity contribution is -0.136. The van der Waals surface area contributed by atoms with Crippen LogP contribution in [0.4, 0.5) is 0 Å². The maximum absolute atomic E-state index is 13.6. The van der Waals surface area contributed by atoms with E-state index in [-0.39, 0.29) is 11.7 Å². The van der Waals surface area contributed by atoms with Crippen LogP contribution >= 0.6 is 0 Å². The highest BCUT2D eigenvalue weighted by Crippen LogP contribution is 2.47. The van der Waals surface area contributed by atoms with E-state index in [0.29, 0.717) is 35.5 Å². The molecule has 172 valence electrons. The van der Waals surface area contributed by atoms with Crippen molar-refractivity contribution in [3.05, 3.63) is 81.7 Å². The van der Waals surface area contributed by atoms with Gasteiger partial charge < -0.3 is 19.5 Å². The minimum Gasteiger partial charge on any atom is -0.493 e. The number of carbonyl (C=O) groups excluding carboxylic acids is 2. The van der Waals surface area contributed by atoms with Crippen LogP contribution in [0.3, 0.4) is 0 Å². The number of hydrogen-bond donors (Lipinski definition) is 1. The van der Waals surface area contributed by atoms with E-state index in [1.165, 1.54) is 7.11 Å². The van der Waals surface area contributed by atoms with Crippen LogP contribution in [-0.2, 0) is 14.3 Å². The Morgan fingerprint density at radius 2 is 1.70 bits per heavy atom. The number of Topliss-reactive ketones (excluding diaryl/α,β-unsaturated/α-hetero) is 1. The van der Waals surface area contributed by atoms with Crippen LogP contribution in [0.25, 0.3) is 0 Å². The summed E-state index contributed by atoms with van der Waals surface area (Å²) in [5.41, 5.74) is 5.72. The molecule has 1 aliphatic carbocycles. The number of nitrogens with one attached hydrogen (secondary N) is 1. The Morgan fingerprint density at radius 1 is 0.970 bits per heavy atom. The van der Waals surface area contributed by atoms with Crippen molar-refractivity contribution in [3.63, 3.8) is 0 Å². The van der Waals surface area contributed by atoms with Gasteiger partial charge >= 0.3 is 5.97 Å². The number of methoxy groups -OCH3 is 3. The molecule has 1 heterocycles. The molecule has 33 heavy (non-hydrogen) atoms. The van der Waals surface area contributed by atoms with Gasteiger partial charge in [-0.25, -0.2) is 4.79 Å². The number of ether oxygens (including phenoxy) is 3. The first-order valence-electron chi connectivity index (χ1n) is 11.0. The minimum atomic E-state index is -0.450. The van der Waals surface area contributed by atoms with Crippen LogP contribution in [0.1, 0.15) is 48.3 Å². The fourth-order valence-corrected chi connectivity index (χ4v) is 4.98. The predicted octanol–water partition coefficient (Wildman–Crippen LogP) is 4.55. The van der Waals surface area contributed by atoms with Crippen molar-refractivity contribution in [3.8, 4) is 11.5 Å². The third kappa shape index (κ3) is 4.01. The number of aryl methyl sites for hydroxylation is 1. The summed E-state index contributed by atoms with van der Waals surface area (Å²) in [5, 5.41) is 3.37. The number of benzene rings is 2. The quantitative estimate of drug-likeness (QED) is 0.678. The Hall–Kier alpha value is -3.54. The second-order valence-electron chi connectivity index (χ2n) is 8.48. The maximum atomic E-state index is 13.6. The predicted molar refractivity (Wildman–Crippen MR) is 125 cm³/mol. The van der Waals surface area contributed by atoms with Crippen LogP contribution < -0.4 is 14.8 Å². The molecule has 4 rings (SSSR count). The van der Waals surface area contributed by atoms with Crippen molar-refractivity contribution in [2.75, 3.05) is 21.3 Å². The zero-order valence-electron chi connectivity index (χ0n) is 19.7. The molecule has 1 aliphatic heterocycles. The molecule has 2 aromatic rings. The van der Waals surface area contributed by atoms with E-state index in [1.54, 1.807) is 14.2 Å². The fourth-order valence-electron chi connectivity index (χ4n) is 4.98. The first-order chi connectivity index (χ1) is 15.9. The zero-order valence-corrected chi connectivity index (χ0v) is 19.7. The Bertz CT molecular complexity index is 1180. The van der Waals surface area contributed by atoms with Crippen LogP contribution in [0.15, 0.2) is 65.0 Å². The Morgan fingerprint density at radius 3 is 2.36 bits per heavy atom. The molecule has 6 nitrogen and oxygen atoms in total. The summed E-state index contributed by atoms with van der Waals surface area (Å²) in [4.78, 5) is 26.4. The molecule has 0 spiro atoms. The lowest BCUT2D eigenvalue weighted by Gasteiger charge is -2.37. The van der Waals surface area contributed by atoms with Crippen molar-refractivity contribution in [2.45, 2.75) is 38.5 Å². The van der Waals surface area contributed by atoms with Gasteiger partial charge in [0.05, 0.1) is 26.9 Å². The average molecular weight is 448 g/mol. The van der Waals surface area contributed by atoms with Crippen LogP contribution in [-0.4, -0.2) is 33.1 Å². The average Bonchev–Trinajstić information content (AvgIpc) is 2.82. The van der Waals surface area contributed by atoms with E-state index in [1.807, 2.05) is 56.3 Å². The van der Waals surface area contributed by atoms with Crippen molar-refractivity contribution < 1.29 is 23.8 Å². The summed E-state index contributed by atoms with van der Waals surface area (Å²) >= 11 is 0. The van der Waals surface area contributed by atoms with Crippen LogP contribution in [0, 0.1) is 6.92 Å². The van der Waals surface area contributed by atoms with Gasteiger partial charge in [-0.05, 0) is 55.0 Å². The van der Waals surface area contributed by atoms with Gasteiger partial charge in [0.25, 0.3) is 0 Å². The Balaban J connectivity index is 1.79. The summed E-state index contributed by atoms with van der Waals surface area (Å²) < 4.78 is 15.9. The molecular weight excluding hydrogens is 418 g/mol. The monoisotopic (exact) mass is 447 g/mol. The third-order valence-electron chi connectivity index (χ3n) is 6.61. The summed E-state index contributed by atoms with van der Waals surface area (Å²) in [7, 11) is 4.58. The van der Waals surface area contributed by atoms with E-state index in [9.17, 15) is 9.59 Å². The minimum absolute atomic E-state index is 0.00597. The number of ketones is 1. The first kappa shape index (κ1) is 22.6. The summed E-state index contributed by atoms with van der Waals surface area (Å²) in [6.07, 6.45) is 1.01. The van der Waals surface area contributed by atoms with Gasteiger partial charge in [0, 0.05) is 29.3 Å². The Labute approximate surface area is 194 Å². The number of hydrogen-bond acceptors (Lipinski definition) is 6. The number of esters is 1. The number of allylic oxidation sites excluding steroid dienone is 3. The van der Waals surface area contributed by atoms with E-state index in [2.05, 4.69) is 5.32 Å². The molecule has 2 aliphatic rings. The van der Waals surface area contributed by atoms with Crippen molar-refractivity contribution >= 4 is 11.8 Å². The van der Waals surface area contributed by atoms with Crippen LogP contribution in [0.5, 0.6) is 11.5 Å². The van der Waals surface area contributed by atoms with Gasteiger partial charge in [-0.1, -0.05) is 30.3 Å². The topological polar surface area (TPSA) is 73.9 Å². The summed E-state index contributed by atoms with van der Waals surface area (Å²) in [6.45, 7) is 3.87. The largest absolute Gasteiger partial charge is 0.493 e.